The molecule has 6 heteroatoms. The van der Waals surface area contributed by atoms with Gasteiger partial charge in [-0.05, 0) is 70.1 Å². The molecule has 150 valence electrons. The van der Waals surface area contributed by atoms with E-state index in [-0.39, 0.29) is 17.9 Å². The topological polar surface area (TPSA) is 57.6 Å². The van der Waals surface area contributed by atoms with Crippen LogP contribution in [0, 0.1) is 3.57 Å². The number of carbonyl (C=O) groups is 2. The summed E-state index contributed by atoms with van der Waals surface area (Å²) >= 11 is 8.15. The Balaban J connectivity index is 1.85. The Labute approximate surface area is 192 Å². The lowest BCUT2D eigenvalue weighted by molar-refractivity contribution is -0.140. The van der Waals surface area contributed by atoms with Crippen molar-refractivity contribution in [2.75, 3.05) is 0 Å². The van der Waals surface area contributed by atoms with Crippen molar-refractivity contribution < 1.29 is 14.7 Å². The molecule has 3 aromatic rings. The minimum absolute atomic E-state index is 0.0828. The second-order valence-corrected chi connectivity index (χ2v) is 8.65. The van der Waals surface area contributed by atoms with Crippen molar-refractivity contribution in [3.8, 4) is 0 Å². The second kappa shape index (κ2) is 8.62. The van der Waals surface area contributed by atoms with Gasteiger partial charge in [0.25, 0.3) is 11.7 Å². The third-order valence-corrected chi connectivity index (χ3v) is 6.01. The average Bonchev–Trinajstić information content (AvgIpc) is 3.00. The summed E-state index contributed by atoms with van der Waals surface area (Å²) in [6.07, 6.45) is 0. The molecule has 3 aromatic carbocycles. The zero-order valence-corrected chi connectivity index (χ0v) is 18.7. The highest BCUT2D eigenvalue weighted by molar-refractivity contribution is 14.1. The number of carbonyl (C=O) groups excluding carboxylic acids is 2. The Kier molecular flexibility index (Phi) is 5.92. The maximum absolute atomic E-state index is 13.0. The Hall–Kier alpha value is -2.64. The molecule has 1 fully saturated rings. The number of hydrogen-bond acceptors (Lipinski definition) is 3. The Morgan fingerprint density at radius 3 is 2.20 bits per heavy atom. The summed E-state index contributed by atoms with van der Waals surface area (Å²) in [6, 6.07) is 22.9. The van der Waals surface area contributed by atoms with E-state index in [0.717, 1.165) is 14.7 Å². The van der Waals surface area contributed by atoms with E-state index in [1.54, 1.807) is 24.3 Å². The lowest BCUT2D eigenvalue weighted by atomic mass is 9.95. The molecule has 1 saturated heterocycles. The van der Waals surface area contributed by atoms with E-state index in [1.165, 1.54) is 4.90 Å². The highest BCUT2D eigenvalue weighted by Gasteiger charge is 2.46. The second-order valence-electron chi connectivity index (χ2n) is 6.97. The molecule has 1 heterocycles. The van der Waals surface area contributed by atoms with Crippen LogP contribution in [0.25, 0.3) is 5.76 Å². The first kappa shape index (κ1) is 20.6. The number of ketones is 1. The minimum atomic E-state index is -0.693. The molecule has 30 heavy (non-hydrogen) atoms. The van der Waals surface area contributed by atoms with Gasteiger partial charge in [-0.2, -0.15) is 0 Å². The standard InChI is InChI=1S/C24H17ClINO3/c25-18-10-6-17(7-11-18)22(28)20-21(16-8-12-19(26)13-9-16)27(24(30)23(20)29)14-15-4-2-1-3-5-15/h1-13,21,28H,14H2. The van der Waals surface area contributed by atoms with Crippen molar-refractivity contribution in [2.45, 2.75) is 12.6 Å². The highest BCUT2D eigenvalue weighted by atomic mass is 127. The average molecular weight is 530 g/mol. The van der Waals surface area contributed by atoms with E-state index in [2.05, 4.69) is 22.6 Å². The van der Waals surface area contributed by atoms with Gasteiger partial charge in [-0.15, -0.1) is 0 Å². The molecule has 0 spiro atoms. The molecule has 1 unspecified atom stereocenters. The molecule has 0 aromatic heterocycles. The van der Waals surface area contributed by atoms with E-state index < -0.39 is 17.7 Å². The molecule has 1 atom stereocenters. The molecule has 1 amide bonds. The molecule has 0 saturated carbocycles. The summed E-state index contributed by atoms with van der Waals surface area (Å²) in [5, 5.41) is 11.5. The van der Waals surface area contributed by atoms with Crippen LogP contribution in [0.2, 0.25) is 5.02 Å². The Morgan fingerprint density at radius 2 is 1.57 bits per heavy atom. The fourth-order valence-corrected chi connectivity index (χ4v) is 4.06. The number of rotatable bonds is 4. The predicted octanol–water partition coefficient (Wildman–Crippen LogP) is 5.57. The fraction of sp³-hybridized carbons (Fsp3) is 0.0833. The van der Waals surface area contributed by atoms with Crippen molar-refractivity contribution >= 4 is 51.6 Å². The first-order chi connectivity index (χ1) is 14.5. The van der Waals surface area contributed by atoms with Gasteiger partial charge in [-0.1, -0.05) is 54.1 Å². The minimum Gasteiger partial charge on any atom is -0.507 e. The molecular weight excluding hydrogens is 513 g/mol. The lowest BCUT2D eigenvalue weighted by Crippen LogP contribution is -2.29. The van der Waals surface area contributed by atoms with E-state index in [9.17, 15) is 14.7 Å². The summed E-state index contributed by atoms with van der Waals surface area (Å²) in [5.41, 5.74) is 2.19. The number of amides is 1. The van der Waals surface area contributed by atoms with Crippen LogP contribution in [-0.2, 0) is 16.1 Å². The lowest BCUT2D eigenvalue weighted by Gasteiger charge is -2.25. The number of aliphatic hydroxyl groups excluding tert-OH is 1. The van der Waals surface area contributed by atoms with E-state index in [0.29, 0.717) is 10.6 Å². The van der Waals surface area contributed by atoms with Gasteiger partial charge in [0, 0.05) is 20.7 Å². The Morgan fingerprint density at radius 1 is 0.933 bits per heavy atom. The van der Waals surface area contributed by atoms with E-state index in [1.807, 2.05) is 54.6 Å². The van der Waals surface area contributed by atoms with Crippen molar-refractivity contribution in [2.24, 2.45) is 0 Å². The van der Waals surface area contributed by atoms with Gasteiger partial charge >= 0.3 is 0 Å². The summed E-state index contributed by atoms with van der Waals surface area (Å²) in [7, 11) is 0. The number of hydrogen-bond donors (Lipinski definition) is 1. The maximum atomic E-state index is 13.0. The predicted molar refractivity (Wildman–Crippen MR) is 125 cm³/mol. The van der Waals surface area contributed by atoms with Crippen LogP contribution in [0.15, 0.2) is 84.4 Å². The van der Waals surface area contributed by atoms with E-state index in [4.69, 9.17) is 11.6 Å². The van der Waals surface area contributed by atoms with Crippen LogP contribution in [0.3, 0.4) is 0 Å². The maximum Gasteiger partial charge on any atom is 0.295 e. The quantitative estimate of drug-likeness (QED) is 0.208. The molecular formula is C24H17ClINO3. The Bertz CT molecular complexity index is 1130. The van der Waals surface area contributed by atoms with Gasteiger partial charge < -0.3 is 10.0 Å². The fourth-order valence-electron chi connectivity index (χ4n) is 3.58. The third kappa shape index (κ3) is 4.00. The van der Waals surface area contributed by atoms with E-state index >= 15 is 0 Å². The van der Waals surface area contributed by atoms with Crippen molar-refractivity contribution in [1.29, 1.82) is 0 Å². The molecule has 4 rings (SSSR count). The zero-order chi connectivity index (χ0) is 21.3. The largest absolute Gasteiger partial charge is 0.507 e. The molecule has 4 nitrogen and oxygen atoms in total. The molecule has 1 aliphatic heterocycles. The number of Topliss-reactive ketones (excluding diaryl/α,β-unsaturated/α-hetero) is 1. The SMILES string of the molecule is O=C1C(=O)N(Cc2ccccc2)C(c2ccc(I)cc2)C1=C(O)c1ccc(Cl)cc1. The van der Waals surface area contributed by atoms with Gasteiger partial charge in [0.05, 0.1) is 11.6 Å². The smallest absolute Gasteiger partial charge is 0.295 e. The van der Waals surface area contributed by atoms with Crippen LogP contribution >= 0.6 is 34.2 Å². The number of likely N-dealkylation sites (tertiary alicyclic amines) is 1. The van der Waals surface area contributed by atoms with Gasteiger partial charge in [0.1, 0.15) is 5.76 Å². The first-order valence-corrected chi connectivity index (χ1v) is 10.7. The monoisotopic (exact) mass is 529 g/mol. The molecule has 1 aliphatic rings. The molecule has 0 radical (unpaired) electrons. The van der Waals surface area contributed by atoms with Gasteiger partial charge in [-0.3, -0.25) is 9.59 Å². The number of halogens is 2. The summed E-state index contributed by atoms with van der Waals surface area (Å²) in [5.74, 6) is -1.52. The first-order valence-electron chi connectivity index (χ1n) is 9.29. The third-order valence-electron chi connectivity index (χ3n) is 5.04. The van der Waals surface area contributed by atoms with Crippen LogP contribution in [0.5, 0.6) is 0 Å². The summed E-state index contributed by atoms with van der Waals surface area (Å²) < 4.78 is 1.04. The van der Waals surface area contributed by atoms with Crippen LogP contribution in [-0.4, -0.2) is 21.7 Å². The van der Waals surface area contributed by atoms with Gasteiger partial charge in [0.15, 0.2) is 0 Å². The van der Waals surface area contributed by atoms with Gasteiger partial charge in [-0.25, -0.2) is 0 Å². The molecule has 1 N–H and O–H groups in total. The van der Waals surface area contributed by atoms with Gasteiger partial charge in [0.2, 0.25) is 0 Å². The van der Waals surface area contributed by atoms with Crippen molar-refractivity contribution in [3.63, 3.8) is 0 Å². The van der Waals surface area contributed by atoms with Crippen molar-refractivity contribution in [3.05, 3.63) is 110 Å². The normalized spacial score (nSPS) is 18.1. The highest BCUT2D eigenvalue weighted by Crippen LogP contribution is 2.40. The molecule has 0 bridgehead atoms. The molecule has 0 aliphatic carbocycles. The summed E-state index contributed by atoms with van der Waals surface area (Å²) in [4.78, 5) is 27.5. The number of nitrogens with zero attached hydrogens (tertiary/aromatic N) is 1. The zero-order valence-electron chi connectivity index (χ0n) is 15.8. The van der Waals surface area contributed by atoms with Crippen molar-refractivity contribution in [1.82, 2.24) is 4.90 Å². The number of benzene rings is 3. The summed E-state index contributed by atoms with van der Waals surface area (Å²) in [6.45, 7) is 0.263. The van der Waals surface area contributed by atoms with Crippen LogP contribution in [0.4, 0.5) is 0 Å². The van der Waals surface area contributed by atoms with Crippen LogP contribution < -0.4 is 0 Å². The number of aliphatic hydroxyl groups is 1. The van der Waals surface area contributed by atoms with Crippen LogP contribution in [0.1, 0.15) is 22.7 Å².